The van der Waals surface area contributed by atoms with Crippen molar-refractivity contribution < 1.29 is 17.6 Å². The van der Waals surface area contributed by atoms with Crippen LogP contribution in [0.5, 0.6) is 0 Å². The van der Waals surface area contributed by atoms with Crippen molar-refractivity contribution in [1.82, 2.24) is 10.3 Å². The molecule has 0 fully saturated rings. The van der Waals surface area contributed by atoms with Crippen molar-refractivity contribution >= 4 is 38.9 Å². The molecule has 1 aromatic heterocycles. The van der Waals surface area contributed by atoms with Gasteiger partial charge >= 0.3 is 0 Å². The molecule has 0 aliphatic carbocycles. The summed E-state index contributed by atoms with van der Waals surface area (Å²) in [6.07, 6.45) is 1.72. The number of nitrogens with zero attached hydrogens (tertiary/aromatic N) is 2. The first-order valence-corrected chi connectivity index (χ1v) is 12.3. The Balaban J connectivity index is 1.70. The van der Waals surface area contributed by atoms with Crippen LogP contribution < -0.4 is 5.32 Å². The van der Waals surface area contributed by atoms with Crippen LogP contribution in [0.25, 0.3) is 0 Å². The third-order valence-electron chi connectivity index (χ3n) is 5.20. The highest BCUT2D eigenvalue weighted by molar-refractivity contribution is 7.91. The Morgan fingerprint density at radius 1 is 1.12 bits per heavy atom. The van der Waals surface area contributed by atoms with Crippen molar-refractivity contribution in [3.05, 3.63) is 86.9 Å². The van der Waals surface area contributed by atoms with E-state index in [1.807, 2.05) is 25.1 Å². The zero-order valence-electron chi connectivity index (χ0n) is 17.8. The molecule has 6 nitrogen and oxygen atoms in total. The zero-order chi connectivity index (χ0) is 23.8. The molecule has 2 aromatic carbocycles. The van der Waals surface area contributed by atoms with E-state index in [1.54, 1.807) is 13.0 Å². The number of amidine groups is 1. The summed E-state index contributed by atoms with van der Waals surface area (Å²) in [5.41, 5.74) is 2.75. The van der Waals surface area contributed by atoms with Crippen molar-refractivity contribution in [3.8, 4) is 0 Å². The van der Waals surface area contributed by atoms with Crippen LogP contribution in [-0.4, -0.2) is 31.9 Å². The maximum atomic E-state index is 14.6. The van der Waals surface area contributed by atoms with Crippen molar-refractivity contribution in [2.24, 2.45) is 5.16 Å². The van der Waals surface area contributed by atoms with Crippen molar-refractivity contribution in [2.45, 2.75) is 36.1 Å². The van der Waals surface area contributed by atoms with Gasteiger partial charge in [0.05, 0.1) is 11.1 Å². The Labute approximate surface area is 201 Å². The van der Waals surface area contributed by atoms with Crippen LogP contribution in [-0.2, 0) is 21.1 Å². The van der Waals surface area contributed by atoms with Crippen LogP contribution >= 0.6 is 23.2 Å². The molecule has 10 heteroatoms. The maximum absolute atomic E-state index is 14.6. The van der Waals surface area contributed by atoms with Gasteiger partial charge in [-0.05, 0) is 55.7 Å². The number of pyridine rings is 1. The number of hydrogen-bond acceptors (Lipinski definition) is 6. The lowest BCUT2D eigenvalue weighted by Gasteiger charge is -2.25. The minimum atomic E-state index is -4.30. The van der Waals surface area contributed by atoms with Crippen LogP contribution in [0.15, 0.2) is 63.6 Å². The second-order valence-corrected chi connectivity index (χ2v) is 10.5. The van der Waals surface area contributed by atoms with Gasteiger partial charge in [0.25, 0.3) is 0 Å². The number of halogens is 3. The highest BCUT2D eigenvalue weighted by atomic mass is 35.5. The molecule has 1 atom stereocenters. The number of aromatic nitrogens is 1. The lowest BCUT2D eigenvalue weighted by molar-refractivity contribution is 0.109. The van der Waals surface area contributed by atoms with Gasteiger partial charge in [0.15, 0.2) is 11.7 Å². The van der Waals surface area contributed by atoms with Gasteiger partial charge in [0.2, 0.25) is 9.84 Å². The summed E-state index contributed by atoms with van der Waals surface area (Å²) in [6.45, 7) is 3.94. The van der Waals surface area contributed by atoms with Gasteiger partial charge in [0, 0.05) is 22.5 Å². The molecule has 3 aromatic rings. The summed E-state index contributed by atoms with van der Waals surface area (Å²) >= 11 is 12.2. The van der Waals surface area contributed by atoms with E-state index in [-0.39, 0.29) is 34.0 Å². The molecular weight excluding hydrogens is 488 g/mol. The molecule has 4 rings (SSSR count). The highest BCUT2D eigenvalue weighted by Gasteiger charge is 2.30. The molecule has 0 saturated carbocycles. The second-order valence-electron chi connectivity index (χ2n) is 7.75. The normalized spacial score (nSPS) is 16.0. The first-order chi connectivity index (χ1) is 15.7. The molecule has 0 amide bonds. The second kappa shape index (κ2) is 9.29. The fourth-order valence-electron chi connectivity index (χ4n) is 3.53. The van der Waals surface area contributed by atoms with Crippen molar-refractivity contribution in [3.63, 3.8) is 0 Å². The van der Waals surface area contributed by atoms with Gasteiger partial charge in [0.1, 0.15) is 16.4 Å². The van der Waals surface area contributed by atoms with E-state index in [2.05, 4.69) is 15.5 Å². The van der Waals surface area contributed by atoms with E-state index in [0.29, 0.717) is 17.1 Å². The van der Waals surface area contributed by atoms with Crippen LogP contribution in [0.3, 0.4) is 0 Å². The molecule has 1 aliphatic heterocycles. The first kappa shape index (κ1) is 23.5. The van der Waals surface area contributed by atoms with Gasteiger partial charge < -0.3 is 10.2 Å². The Kier molecular flexibility index (Phi) is 6.61. The standard InChI is InChI=1S/C23H20Cl2FN3O3S/c1-13-6-7-15(19(25)8-13)10-16-12-32-29-23(28-16)17-9-14(2)27-11-21(17)33(30,31)20-5-3-4-18(24)22(20)26/h3-9,11,16H,10,12H2,1-2H3,(H,28,29). The quantitative estimate of drug-likeness (QED) is 0.532. The average Bonchev–Trinajstić information content (AvgIpc) is 2.77. The van der Waals surface area contributed by atoms with E-state index in [9.17, 15) is 12.8 Å². The van der Waals surface area contributed by atoms with Gasteiger partial charge in [-0.25, -0.2) is 12.8 Å². The van der Waals surface area contributed by atoms with Gasteiger partial charge in [-0.15, -0.1) is 0 Å². The third kappa shape index (κ3) is 4.83. The monoisotopic (exact) mass is 507 g/mol. The summed E-state index contributed by atoms with van der Waals surface area (Å²) in [7, 11) is -4.30. The lowest BCUT2D eigenvalue weighted by atomic mass is 10.0. The molecule has 2 heterocycles. The Morgan fingerprint density at radius 3 is 2.67 bits per heavy atom. The molecule has 0 spiro atoms. The highest BCUT2D eigenvalue weighted by Crippen LogP contribution is 2.30. The molecule has 1 unspecified atom stereocenters. The molecular formula is C23H20Cl2FN3O3S. The predicted molar refractivity (Wildman–Crippen MR) is 125 cm³/mol. The number of sulfone groups is 1. The number of hydrogen-bond donors (Lipinski definition) is 1. The summed E-state index contributed by atoms with van der Waals surface area (Å²) in [5, 5.41) is 7.62. The molecule has 0 radical (unpaired) electrons. The Hall–Kier alpha value is -2.68. The fourth-order valence-corrected chi connectivity index (χ4v) is 5.55. The van der Waals surface area contributed by atoms with E-state index in [1.165, 1.54) is 18.3 Å². The van der Waals surface area contributed by atoms with Crippen LogP contribution in [0.1, 0.15) is 22.4 Å². The molecule has 1 aliphatic rings. The van der Waals surface area contributed by atoms with E-state index < -0.39 is 20.5 Å². The van der Waals surface area contributed by atoms with Gasteiger partial charge in [-0.3, -0.25) is 4.98 Å². The molecule has 33 heavy (non-hydrogen) atoms. The van der Waals surface area contributed by atoms with Crippen molar-refractivity contribution in [2.75, 3.05) is 6.61 Å². The summed E-state index contributed by atoms with van der Waals surface area (Å²) in [5.74, 6) is -0.812. The van der Waals surface area contributed by atoms with E-state index >= 15 is 0 Å². The Bertz CT molecular complexity index is 1360. The SMILES string of the molecule is Cc1ccc(CC2CON=C(c3cc(C)ncc3S(=O)(=O)c3cccc(Cl)c3F)N2)c(Cl)c1. The van der Waals surface area contributed by atoms with E-state index in [0.717, 1.165) is 17.2 Å². The number of aryl methyl sites for hydroxylation is 2. The smallest absolute Gasteiger partial charge is 0.211 e. The molecule has 172 valence electrons. The van der Waals surface area contributed by atoms with Crippen molar-refractivity contribution in [1.29, 1.82) is 0 Å². The fraction of sp³-hybridized carbons (Fsp3) is 0.217. The summed E-state index contributed by atoms with van der Waals surface area (Å²) in [6, 6.07) is 11.0. The van der Waals surface area contributed by atoms with Crippen LogP contribution in [0.2, 0.25) is 10.0 Å². The first-order valence-electron chi connectivity index (χ1n) is 10.0. The molecule has 0 saturated heterocycles. The predicted octanol–water partition coefficient (Wildman–Crippen LogP) is 4.87. The summed E-state index contributed by atoms with van der Waals surface area (Å²) in [4.78, 5) is 8.77. The number of oxime groups is 1. The zero-order valence-corrected chi connectivity index (χ0v) is 20.1. The maximum Gasteiger partial charge on any atom is 0.211 e. The summed E-state index contributed by atoms with van der Waals surface area (Å²) < 4.78 is 41.3. The van der Waals surface area contributed by atoms with E-state index in [4.69, 9.17) is 28.0 Å². The minimum absolute atomic E-state index is 0.209. The van der Waals surface area contributed by atoms with Crippen LogP contribution in [0, 0.1) is 19.7 Å². The molecule has 1 N–H and O–H groups in total. The third-order valence-corrected chi connectivity index (χ3v) is 7.64. The average molecular weight is 508 g/mol. The number of rotatable bonds is 5. The number of benzene rings is 2. The minimum Gasteiger partial charge on any atom is -0.392 e. The Morgan fingerprint density at radius 2 is 1.91 bits per heavy atom. The largest absolute Gasteiger partial charge is 0.392 e. The molecule has 0 bridgehead atoms. The van der Waals surface area contributed by atoms with Crippen LogP contribution in [0.4, 0.5) is 4.39 Å². The topological polar surface area (TPSA) is 80.7 Å². The lowest BCUT2D eigenvalue weighted by Crippen LogP contribution is -2.44. The number of nitrogens with one attached hydrogen (secondary N) is 1. The van der Waals surface area contributed by atoms with Gasteiger partial charge in [-0.2, -0.15) is 0 Å². The van der Waals surface area contributed by atoms with Gasteiger partial charge in [-0.1, -0.05) is 46.6 Å².